The van der Waals surface area contributed by atoms with E-state index in [1.54, 1.807) is 13.0 Å². The molecule has 4 aliphatic carbocycles. The van der Waals surface area contributed by atoms with E-state index in [0.717, 1.165) is 37.7 Å². The Morgan fingerprint density at radius 2 is 1.72 bits per heavy atom. The molecule has 7 nitrogen and oxygen atoms in total. The van der Waals surface area contributed by atoms with Crippen molar-refractivity contribution in [2.24, 2.45) is 28.6 Å². The van der Waals surface area contributed by atoms with Gasteiger partial charge in [0.05, 0.1) is 17.1 Å². The van der Waals surface area contributed by atoms with E-state index < -0.39 is 40.8 Å². The number of hydrogen-bond acceptors (Lipinski definition) is 7. The number of fused-ring (bicyclic) bond motifs is 5. The molecular weight excluding hydrogens is 496 g/mol. The van der Waals surface area contributed by atoms with Gasteiger partial charge in [-0.1, -0.05) is 44.2 Å². The second-order valence-electron chi connectivity index (χ2n) is 13.1. The van der Waals surface area contributed by atoms with Crippen molar-refractivity contribution in [3.8, 4) is 0 Å². The van der Waals surface area contributed by atoms with Crippen LogP contribution >= 0.6 is 0 Å². The molecule has 4 fully saturated rings. The van der Waals surface area contributed by atoms with E-state index in [1.807, 2.05) is 37.3 Å². The first-order chi connectivity index (χ1) is 18.3. The zero-order chi connectivity index (χ0) is 28.2. The molecule has 10 unspecified atom stereocenters. The molecule has 0 radical (unpaired) electrons. The highest BCUT2D eigenvalue weighted by molar-refractivity contribution is 5.87. The maximum absolute atomic E-state index is 12.8. The third kappa shape index (κ3) is 4.36. The van der Waals surface area contributed by atoms with Gasteiger partial charge in [-0.05, 0) is 93.1 Å². The second kappa shape index (κ2) is 10.0. The van der Waals surface area contributed by atoms with E-state index in [0.29, 0.717) is 18.8 Å². The lowest BCUT2D eigenvalue weighted by molar-refractivity contribution is -0.290. The molecule has 10 atom stereocenters. The standard InChI is InChI=1S/C32H44O7/c1-20(38-28(35)13-10-22-8-6-5-7-9-22)31(36)16-17-32(37)25-12-11-23-18-24(34)14-15-29(23,3)26(25)19-27(30(31,32)4)39-21(2)33/h5-10,13,20,23-27,34,36-37H,11-12,14-19H2,1-4H3. The topological polar surface area (TPSA) is 113 Å². The van der Waals surface area contributed by atoms with Crippen LogP contribution in [0.1, 0.15) is 84.6 Å². The zero-order valence-electron chi connectivity index (χ0n) is 23.6. The molecule has 1 aromatic carbocycles. The van der Waals surface area contributed by atoms with E-state index in [1.165, 1.54) is 13.0 Å². The lowest BCUT2D eigenvalue weighted by Gasteiger charge is -2.66. The number of aliphatic hydroxyl groups is 3. The normalized spacial score (nSPS) is 44.1. The van der Waals surface area contributed by atoms with E-state index in [2.05, 4.69) is 6.92 Å². The third-order valence-corrected chi connectivity index (χ3v) is 11.6. The summed E-state index contributed by atoms with van der Waals surface area (Å²) in [6.07, 6.45) is 6.22. The first-order valence-electron chi connectivity index (χ1n) is 14.6. The van der Waals surface area contributed by atoms with Crippen LogP contribution in [-0.4, -0.2) is 56.8 Å². The molecular formula is C32H44O7. The minimum absolute atomic E-state index is 0.0827. The second-order valence-corrected chi connectivity index (χ2v) is 13.1. The van der Waals surface area contributed by atoms with Crippen LogP contribution < -0.4 is 0 Å². The molecule has 214 valence electrons. The van der Waals surface area contributed by atoms with Gasteiger partial charge >= 0.3 is 11.9 Å². The van der Waals surface area contributed by atoms with Crippen molar-refractivity contribution >= 4 is 18.0 Å². The van der Waals surface area contributed by atoms with E-state index in [-0.39, 0.29) is 29.8 Å². The van der Waals surface area contributed by atoms with Gasteiger partial charge in [-0.2, -0.15) is 0 Å². The molecule has 0 bridgehead atoms. The van der Waals surface area contributed by atoms with Crippen molar-refractivity contribution in [1.82, 2.24) is 0 Å². The number of esters is 2. The average Bonchev–Trinajstić information content (AvgIpc) is 3.12. The Hall–Kier alpha value is -2.22. The van der Waals surface area contributed by atoms with Crippen LogP contribution in [0.15, 0.2) is 36.4 Å². The summed E-state index contributed by atoms with van der Waals surface area (Å²) in [5.74, 6) is -0.667. The lowest BCUT2D eigenvalue weighted by atomic mass is 9.42. The number of aliphatic hydroxyl groups excluding tert-OH is 1. The quantitative estimate of drug-likeness (QED) is 0.374. The van der Waals surface area contributed by atoms with Crippen molar-refractivity contribution in [2.45, 2.75) is 109 Å². The van der Waals surface area contributed by atoms with E-state index >= 15 is 0 Å². The molecule has 0 spiro atoms. The molecule has 0 amide bonds. The Bertz CT molecular complexity index is 1120. The van der Waals surface area contributed by atoms with Crippen molar-refractivity contribution in [2.75, 3.05) is 0 Å². The van der Waals surface area contributed by atoms with Gasteiger partial charge < -0.3 is 24.8 Å². The van der Waals surface area contributed by atoms with Gasteiger partial charge in [-0.3, -0.25) is 4.79 Å². The maximum atomic E-state index is 12.8. The van der Waals surface area contributed by atoms with E-state index in [4.69, 9.17) is 9.47 Å². The summed E-state index contributed by atoms with van der Waals surface area (Å²) < 4.78 is 11.7. The fraction of sp³-hybridized carbons (Fsp3) is 0.688. The molecule has 0 saturated heterocycles. The van der Waals surface area contributed by atoms with Gasteiger partial charge in [0.15, 0.2) is 0 Å². The molecule has 0 heterocycles. The van der Waals surface area contributed by atoms with Crippen LogP contribution in [0.3, 0.4) is 0 Å². The minimum Gasteiger partial charge on any atom is -0.462 e. The lowest BCUT2D eigenvalue weighted by Crippen LogP contribution is -2.72. The Kier molecular flexibility index (Phi) is 7.26. The van der Waals surface area contributed by atoms with Crippen molar-refractivity contribution in [3.05, 3.63) is 42.0 Å². The summed E-state index contributed by atoms with van der Waals surface area (Å²) in [7, 11) is 0. The summed E-state index contributed by atoms with van der Waals surface area (Å²) in [4.78, 5) is 25.2. The molecule has 0 aromatic heterocycles. The van der Waals surface area contributed by atoms with E-state index in [9.17, 15) is 24.9 Å². The number of rotatable bonds is 5. The molecule has 3 N–H and O–H groups in total. The number of hydrogen-bond donors (Lipinski definition) is 3. The first-order valence-corrected chi connectivity index (χ1v) is 14.6. The molecule has 5 rings (SSSR count). The summed E-state index contributed by atoms with van der Waals surface area (Å²) >= 11 is 0. The minimum atomic E-state index is -1.59. The molecule has 4 saturated carbocycles. The summed E-state index contributed by atoms with van der Waals surface area (Å²) in [6, 6.07) is 9.41. The van der Waals surface area contributed by atoms with Gasteiger partial charge in [0, 0.05) is 13.0 Å². The third-order valence-electron chi connectivity index (χ3n) is 11.6. The Morgan fingerprint density at radius 3 is 2.41 bits per heavy atom. The van der Waals surface area contributed by atoms with Crippen LogP contribution in [0.2, 0.25) is 0 Å². The van der Waals surface area contributed by atoms with Crippen LogP contribution in [0.4, 0.5) is 0 Å². The number of carbonyl (C=O) groups excluding carboxylic acids is 2. The van der Waals surface area contributed by atoms with Crippen molar-refractivity contribution in [1.29, 1.82) is 0 Å². The summed E-state index contributed by atoms with van der Waals surface area (Å²) in [6.45, 7) is 7.14. The smallest absolute Gasteiger partial charge is 0.331 e. The highest BCUT2D eigenvalue weighted by Gasteiger charge is 2.77. The first kappa shape index (κ1) is 28.3. The monoisotopic (exact) mass is 540 g/mol. The van der Waals surface area contributed by atoms with Crippen LogP contribution in [0, 0.1) is 28.6 Å². The summed E-state index contributed by atoms with van der Waals surface area (Å²) in [5.41, 5.74) is -3.35. The van der Waals surface area contributed by atoms with Crippen molar-refractivity contribution < 1.29 is 34.4 Å². The molecule has 4 aliphatic rings. The highest BCUT2D eigenvalue weighted by atomic mass is 16.6. The predicted octanol–water partition coefficient (Wildman–Crippen LogP) is 4.42. The van der Waals surface area contributed by atoms with Gasteiger partial charge in [-0.15, -0.1) is 0 Å². The SMILES string of the molecule is CC(=O)OC1CC2C(CCC3CC(O)CCC32C)C2(O)CCC(O)(C(C)OC(=O)C=Cc3ccccc3)C12C. The summed E-state index contributed by atoms with van der Waals surface area (Å²) in [5, 5.41) is 35.3. The largest absolute Gasteiger partial charge is 0.462 e. The number of ether oxygens (including phenoxy) is 2. The molecule has 0 aliphatic heterocycles. The highest BCUT2D eigenvalue weighted by Crippen LogP contribution is 2.71. The Morgan fingerprint density at radius 1 is 1.00 bits per heavy atom. The van der Waals surface area contributed by atoms with Crippen LogP contribution in [0.25, 0.3) is 6.08 Å². The van der Waals surface area contributed by atoms with Crippen LogP contribution in [-0.2, 0) is 19.1 Å². The zero-order valence-corrected chi connectivity index (χ0v) is 23.6. The Balaban J connectivity index is 1.45. The van der Waals surface area contributed by atoms with Gasteiger partial charge in [-0.25, -0.2) is 4.79 Å². The molecule has 7 heteroatoms. The van der Waals surface area contributed by atoms with Crippen LogP contribution in [0.5, 0.6) is 0 Å². The van der Waals surface area contributed by atoms with Gasteiger partial charge in [0.25, 0.3) is 0 Å². The number of carbonyl (C=O) groups is 2. The Labute approximate surface area is 231 Å². The predicted molar refractivity (Wildman–Crippen MR) is 146 cm³/mol. The number of benzene rings is 1. The maximum Gasteiger partial charge on any atom is 0.331 e. The fourth-order valence-corrected chi connectivity index (χ4v) is 9.28. The van der Waals surface area contributed by atoms with Gasteiger partial charge in [0.2, 0.25) is 0 Å². The van der Waals surface area contributed by atoms with Crippen molar-refractivity contribution in [3.63, 3.8) is 0 Å². The molecule has 39 heavy (non-hydrogen) atoms. The van der Waals surface area contributed by atoms with Gasteiger partial charge in [0.1, 0.15) is 17.8 Å². The fourth-order valence-electron chi connectivity index (χ4n) is 9.28. The average molecular weight is 541 g/mol. The molecule has 1 aromatic rings.